The van der Waals surface area contributed by atoms with E-state index in [0.717, 1.165) is 10.0 Å². The Labute approximate surface area is 148 Å². The molecule has 2 aromatic rings. The molecular formula is C17H19NO4SSe. The van der Waals surface area contributed by atoms with Crippen molar-refractivity contribution in [3.8, 4) is 0 Å². The Morgan fingerprint density at radius 3 is 2.33 bits per heavy atom. The van der Waals surface area contributed by atoms with E-state index in [9.17, 15) is 18.3 Å². The number of carboxylic acids is 1. The molecule has 128 valence electrons. The number of carboxylic acid groups (broad SMARTS) is 1. The zero-order valence-electron chi connectivity index (χ0n) is 13.2. The van der Waals surface area contributed by atoms with Crippen molar-refractivity contribution in [1.29, 1.82) is 0 Å². The monoisotopic (exact) mass is 413 g/mol. The molecule has 24 heavy (non-hydrogen) atoms. The van der Waals surface area contributed by atoms with E-state index in [1.165, 1.54) is 12.1 Å². The minimum atomic E-state index is -3.84. The van der Waals surface area contributed by atoms with E-state index in [-0.39, 0.29) is 26.3 Å². The molecule has 2 N–H and O–H groups in total. The summed E-state index contributed by atoms with van der Waals surface area (Å²) in [5.74, 6) is -1.16. The molecule has 0 spiro atoms. The summed E-state index contributed by atoms with van der Waals surface area (Å²) < 4.78 is 28.1. The van der Waals surface area contributed by atoms with Crippen LogP contribution in [0.1, 0.15) is 12.0 Å². The number of sulfonamides is 1. The van der Waals surface area contributed by atoms with Gasteiger partial charge in [-0.25, -0.2) is 0 Å². The van der Waals surface area contributed by atoms with Crippen LogP contribution in [0, 0.1) is 6.92 Å². The number of rotatable bonds is 8. The van der Waals surface area contributed by atoms with Crippen molar-refractivity contribution in [2.75, 3.05) is 0 Å². The van der Waals surface area contributed by atoms with Gasteiger partial charge >= 0.3 is 148 Å². The molecule has 5 nitrogen and oxygen atoms in total. The van der Waals surface area contributed by atoms with Gasteiger partial charge in [-0.15, -0.1) is 0 Å². The summed E-state index contributed by atoms with van der Waals surface area (Å²) in [4.78, 5) is 11.5. The molecule has 7 heteroatoms. The summed E-state index contributed by atoms with van der Waals surface area (Å²) in [6.07, 6.45) is 0.259. The van der Waals surface area contributed by atoms with Crippen molar-refractivity contribution in [1.82, 2.24) is 4.72 Å². The zero-order valence-corrected chi connectivity index (χ0v) is 15.7. The molecule has 0 radical (unpaired) electrons. The first-order chi connectivity index (χ1) is 11.4. The Morgan fingerprint density at radius 1 is 1.12 bits per heavy atom. The SMILES string of the molecule is Cc1ccc(S(=O)(=O)N[C@@H](CC[Se]c2ccccc2)C(=O)O)cc1. The maximum absolute atomic E-state index is 12.3. The number of hydrogen-bond acceptors (Lipinski definition) is 3. The molecule has 0 aromatic heterocycles. The van der Waals surface area contributed by atoms with Gasteiger partial charge in [-0.2, -0.15) is 0 Å². The van der Waals surface area contributed by atoms with Crippen LogP contribution in [0.2, 0.25) is 5.32 Å². The first-order valence-corrected chi connectivity index (χ1v) is 10.9. The predicted octanol–water partition coefficient (Wildman–Crippen LogP) is 1.56. The quantitative estimate of drug-likeness (QED) is 0.645. The Balaban J connectivity index is 2.00. The van der Waals surface area contributed by atoms with Gasteiger partial charge in [0.15, 0.2) is 0 Å². The van der Waals surface area contributed by atoms with Crippen molar-refractivity contribution in [2.24, 2.45) is 0 Å². The predicted molar refractivity (Wildman–Crippen MR) is 94.2 cm³/mol. The normalized spacial score (nSPS) is 12.7. The summed E-state index contributed by atoms with van der Waals surface area (Å²) in [5, 5.41) is 9.95. The van der Waals surface area contributed by atoms with Gasteiger partial charge in [-0.05, 0) is 0 Å². The third kappa shape index (κ3) is 5.46. The van der Waals surface area contributed by atoms with Crippen LogP contribution >= 0.6 is 0 Å². The topological polar surface area (TPSA) is 83.5 Å². The van der Waals surface area contributed by atoms with E-state index >= 15 is 0 Å². The van der Waals surface area contributed by atoms with Crippen LogP contribution in [0.3, 0.4) is 0 Å². The molecule has 1 atom stereocenters. The summed E-state index contributed by atoms with van der Waals surface area (Å²) in [6.45, 7) is 1.86. The molecule has 0 saturated heterocycles. The second-order valence-corrected chi connectivity index (χ2v) is 9.44. The third-order valence-electron chi connectivity index (χ3n) is 3.35. The molecule has 0 saturated carbocycles. The number of nitrogens with one attached hydrogen (secondary N) is 1. The van der Waals surface area contributed by atoms with E-state index < -0.39 is 22.0 Å². The van der Waals surface area contributed by atoms with E-state index in [1.54, 1.807) is 12.1 Å². The summed E-state index contributed by atoms with van der Waals surface area (Å²) >= 11 is 0.115. The van der Waals surface area contributed by atoms with Crippen LogP contribution in [-0.4, -0.2) is 40.5 Å². The maximum atomic E-state index is 12.3. The van der Waals surface area contributed by atoms with Crippen LogP contribution < -0.4 is 9.18 Å². The van der Waals surface area contributed by atoms with Gasteiger partial charge in [0.05, 0.1) is 0 Å². The Hall–Kier alpha value is -1.66. The number of hydrogen-bond donors (Lipinski definition) is 2. The average Bonchev–Trinajstić information content (AvgIpc) is 2.55. The van der Waals surface area contributed by atoms with Gasteiger partial charge in [0.25, 0.3) is 0 Å². The molecule has 0 unspecified atom stereocenters. The Bertz CT molecular complexity index is 776. The number of benzene rings is 2. The van der Waals surface area contributed by atoms with Gasteiger partial charge in [0.1, 0.15) is 0 Å². The van der Waals surface area contributed by atoms with Gasteiger partial charge in [0.2, 0.25) is 0 Å². The van der Waals surface area contributed by atoms with E-state index in [1.807, 2.05) is 37.3 Å². The van der Waals surface area contributed by atoms with Gasteiger partial charge in [-0.1, -0.05) is 0 Å². The standard InChI is InChI=1S/C17H19NO4SSe/c1-13-7-9-14(10-8-13)23(21,22)18-16(17(19)20)11-12-24-15-5-3-2-4-6-15/h2-10,16,18H,11-12H2,1H3,(H,19,20)/t16-/m0/s1. The summed E-state index contributed by atoms with van der Waals surface area (Å²) in [5.41, 5.74) is 0.939. The summed E-state index contributed by atoms with van der Waals surface area (Å²) in [7, 11) is -3.84. The molecule has 0 amide bonds. The minimum absolute atomic E-state index is 0.0768. The summed E-state index contributed by atoms with van der Waals surface area (Å²) in [6, 6.07) is 15.0. The van der Waals surface area contributed by atoms with Gasteiger partial charge in [-0.3, -0.25) is 0 Å². The number of carbonyl (C=O) groups is 1. The molecule has 2 rings (SSSR count). The van der Waals surface area contributed by atoms with Crippen molar-refractivity contribution in [2.45, 2.75) is 29.6 Å². The molecule has 2 aromatic carbocycles. The number of aryl methyl sites for hydroxylation is 1. The fourth-order valence-electron chi connectivity index (χ4n) is 2.02. The van der Waals surface area contributed by atoms with E-state index in [2.05, 4.69) is 4.72 Å². The van der Waals surface area contributed by atoms with Crippen molar-refractivity contribution in [3.63, 3.8) is 0 Å². The van der Waals surface area contributed by atoms with Crippen LogP contribution in [0.25, 0.3) is 0 Å². The van der Waals surface area contributed by atoms with Crippen LogP contribution in [0.4, 0.5) is 0 Å². The fourth-order valence-corrected chi connectivity index (χ4v) is 5.21. The molecule has 0 fully saturated rings. The molecule has 0 aliphatic rings. The zero-order chi connectivity index (χ0) is 17.6. The molecular weight excluding hydrogens is 393 g/mol. The van der Waals surface area contributed by atoms with Crippen LogP contribution in [0.15, 0.2) is 59.5 Å². The van der Waals surface area contributed by atoms with Gasteiger partial charge < -0.3 is 0 Å². The van der Waals surface area contributed by atoms with Crippen molar-refractivity contribution in [3.05, 3.63) is 60.2 Å². The van der Waals surface area contributed by atoms with Crippen LogP contribution in [0.5, 0.6) is 0 Å². The van der Waals surface area contributed by atoms with E-state index in [0.29, 0.717) is 5.32 Å². The average molecular weight is 412 g/mol. The second-order valence-electron chi connectivity index (χ2n) is 5.28. The van der Waals surface area contributed by atoms with E-state index in [4.69, 9.17) is 0 Å². The first kappa shape index (κ1) is 18.7. The van der Waals surface area contributed by atoms with Crippen LogP contribution in [-0.2, 0) is 14.8 Å². The van der Waals surface area contributed by atoms with Crippen molar-refractivity contribution >= 4 is 35.4 Å². The second kappa shape index (κ2) is 8.44. The number of aliphatic carboxylic acids is 1. The Kier molecular flexibility index (Phi) is 6.57. The molecule has 0 aliphatic heterocycles. The molecule has 0 bridgehead atoms. The first-order valence-electron chi connectivity index (χ1n) is 7.38. The molecule has 0 heterocycles. The third-order valence-corrected chi connectivity index (χ3v) is 7.03. The van der Waals surface area contributed by atoms with Crippen molar-refractivity contribution < 1.29 is 18.3 Å². The Morgan fingerprint density at radius 2 is 1.75 bits per heavy atom. The van der Waals surface area contributed by atoms with Gasteiger partial charge in [0, 0.05) is 0 Å². The fraction of sp³-hybridized carbons (Fsp3) is 0.235. The molecule has 0 aliphatic carbocycles.